The van der Waals surface area contributed by atoms with Gasteiger partial charge in [-0.05, 0) is 35.9 Å². The van der Waals surface area contributed by atoms with Gasteiger partial charge < -0.3 is 19.7 Å². The van der Waals surface area contributed by atoms with E-state index >= 15 is 0 Å². The van der Waals surface area contributed by atoms with Gasteiger partial charge in [0, 0.05) is 17.3 Å². The lowest BCUT2D eigenvalue weighted by Crippen LogP contribution is -2.34. The van der Waals surface area contributed by atoms with Crippen LogP contribution in [0.5, 0.6) is 11.5 Å². The lowest BCUT2D eigenvalue weighted by Gasteiger charge is -2.24. The third kappa shape index (κ3) is 3.34. The summed E-state index contributed by atoms with van der Waals surface area (Å²) < 4.78 is 10.8. The summed E-state index contributed by atoms with van der Waals surface area (Å²) in [7, 11) is 0. The molecule has 1 saturated heterocycles. The number of halogens is 2. The normalized spacial score (nSPS) is 18.5. The van der Waals surface area contributed by atoms with Crippen molar-refractivity contribution in [3.8, 4) is 11.5 Å². The van der Waals surface area contributed by atoms with E-state index in [0.29, 0.717) is 28.0 Å². The molecule has 2 aromatic rings. The molecule has 1 fully saturated rings. The average Bonchev–Trinajstić information content (AvgIpc) is 3.25. The van der Waals surface area contributed by atoms with Gasteiger partial charge in [-0.3, -0.25) is 0 Å². The standard InChI is InChI=1S/C17H14Cl2N2O3S/c18-11-2-3-13(12(19)8-11)20-17(22)21-5-6-25-16(21)10-1-4-14-15(7-10)24-9-23-14/h1-4,7-8,16H,5-6,9H2,(H,20,22)/t16-/m0/s1. The van der Waals surface area contributed by atoms with E-state index in [-0.39, 0.29) is 18.2 Å². The topological polar surface area (TPSA) is 50.8 Å². The number of hydrogen-bond donors (Lipinski definition) is 1. The van der Waals surface area contributed by atoms with Gasteiger partial charge in [-0.15, -0.1) is 11.8 Å². The summed E-state index contributed by atoms with van der Waals surface area (Å²) >= 11 is 13.8. The number of benzene rings is 2. The van der Waals surface area contributed by atoms with Crippen LogP contribution in [0.3, 0.4) is 0 Å². The molecule has 130 valence electrons. The van der Waals surface area contributed by atoms with Crippen molar-refractivity contribution >= 4 is 46.7 Å². The second-order valence-corrected chi connectivity index (χ2v) is 7.62. The predicted molar refractivity (Wildman–Crippen MR) is 100.0 cm³/mol. The number of amides is 2. The van der Waals surface area contributed by atoms with Crippen molar-refractivity contribution in [1.29, 1.82) is 0 Å². The van der Waals surface area contributed by atoms with Gasteiger partial charge in [0.25, 0.3) is 0 Å². The molecule has 1 atom stereocenters. The van der Waals surface area contributed by atoms with E-state index in [1.807, 2.05) is 18.2 Å². The van der Waals surface area contributed by atoms with Gasteiger partial charge in [-0.2, -0.15) is 0 Å². The molecule has 0 bridgehead atoms. The highest BCUT2D eigenvalue weighted by Crippen LogP contribution is 2.42. The van der Waals surface area contributed by atoms with Crippen LogP contribution in [0.15, 0.2) is 36.4 Å². The minimum Gasteiger partial charge on any atom is -0.454 e. The fraction of sp³-hybridized carbons (Fsp3) is 0.235. The van der Waals surface area contributed by atoms with Crippen LogP contribution in [0.1, 0.15) is 10.9 Å². The van der Waals surface area contributed by atoms with Crippen molar-refractivity contribution in [2.24, 2.45) is 0 Å². The van der Waals surface area contributed by atoms with E-state index in [4.69, 9.17) is 32.7 Å². The van der Waals surface area contributed by atoms with Crippen molar-refractivity contribution in [1.82, 2.24) is 4.90 Å². The molecule has 0 saturated carbocycles. The summed E-state index contributed by atoms with van der Waals surface area (Å²) in [6.07, 6.45) is 0. The molecule has 0 aromatic heterocycles. The molecule has 5 nitrogen and oxygen atoms in total. The number of nitrogens with zero attached hydrogens (tertiary/aromatic N) is 1. The predicted octanol–water partition coefficient (Wildman–Crippen LogP) is 5.00. The fourth-order valence-corrected chi connectivity index (χ4v) is 4.50. The molecule has 0 aliphatic carbocycles. The van der Waals surface area contributed by atoms with E-state index in [9.17, 15) is 4.79 Å². The van der Waals surface area contributed by atoms with Crippen LogP contribution in [0.25, 0.3) is 0 Å². The molecule has 25 heavy (non-hydrogen) atoms. The Hall–Kier alpha value is -1.76. The smallest absolute Gasteiger partial charge is 0.323 e. The number of carbonyl (C=O) groups excluding carboxylic acids is 1. The molecule has 8 heteroatoms. The molecule has 0 unspecified atom stereocenters. The van der Waals surface area contributed by atoms with Crippen LogP contribution < -0.4 is 14.8 Å². The number of urea groups is 1. The summed E-state index contributed by atoms with van der Waals surface area (Å²) in [5.41, 5.74) is 1.54. The van der Waals surface area contributed by atoms with Gasteiger partial charge in [0.05, 0.1) is 10.7 Å². The highest BCUT2D eigenvalue weighted by atomic mass is 35.5. The van der Waals surface area contributed by atoms with Gasteiger partial charge in [-0.25, -0.2) is 4.79 Å². The van der Waals surface area contributed by atoms with Crippen LogP contribution in [0.4, 0.5) is 10.5 Å². The first-order valence-corrected chi connectivity index (χ1v) is 9.46. The molecular formula is C17H14Cl2N2O3S. The van der Waals surface area contributed by atoms with Crippen molar-refractivity contribution < 1.29 is 14.3 Å². The fourth-order valence-electron chi connectivity index (χ4n) is 2.80. The number of thioether (sulfide) groups is 1. The molecule has 2 aliphatic heterocycles. The first-order valence-electron chi connectivity index (χ1n) is 7.65. The Morgan fingerprint density at radius 3 is 2.84 bits per heavy atom. The Balaban J connectivity index is 1.53. The van der Waals surface area contributed by atoms with Crippen molar-refractivity contribution in [3.63, 3.8) is 0 Å². The van der Waals surface area contributed by atoms with Crippen LogP contribution >= 0.6 is 35.0 Å². The van der Waals surface area contributed by atoms with Crippen LogP contribution in [0, 0.1) is 0 Å². The third-order valence-electron chi connectivity index (χ3n) is 4.01. The summed E-state index contributed by atoms with van der Waals surface area (Å²) in [5.74, 6) is 2.31. The molecule has 2 amide bonds. The second-order valence-electron chi connectivity index (χ2n) is 5.58. The number of anilines is 1. The van der Waals surface area contributed by atoms with E-state index in [0.717, 1.165) is 17.1 Å². The molecule has 2 heterocycles. The van der Waals surface area contributed by atoms with Crippen LogP contribution in [0.2, 0.25) is 10.0 Å². The first-order chi connectivity index (χ1) is 12.1. The monoisotopic (exact) mass is 396 g/mol. The summed E-state index contributed by atoms with van der Waals surface area (Å²) in [5, 5.41) is 3.71. The highest BCUT2D eigenvalue weighted by Gasteiger charge is 2.32. The zero-order chi connectivity index (χ0) is 17.4. The Bertz CT molecular complexity index is 834. The van der Waals surface area contributed by atoms with Gasteiger partial charge >= 0.3 is 6.03 Å². The molecule has 0 spiro atoms. The molecule has 2 aliphatic rings. The number of ether oxygens (including phenoxy) is 2. The number of hydrogen-bond acceptors (Lipinski definition) is 4. The van der Waals surface area contributed by atoms with E-state index in [1.54, 1.807) is 34.9 Å². The van der Waals surface area contributed by atoms with Crippen molar-refractivity contribution in [2.45, 2.75) is 5.37 Å². The quantitative estimate of drug-likeness (QED) is 0.775. The molecular weight excluding hydrogens is 383 g/mol. The number of carbonyl (C=O) groups is 1. The Labute approximate surface area is 159 Å². The Morgan fingerprint density at radius 1 is 1.16 bits per heavy atom. The van der Waals surface area contributed by atoms with Crippen molar-refractivity contribution in [2.75, 3.05) is 24.4 Å². The van der Waals surface area contributed by atoms with Crippen molar-refractivity contribution in [3.05, 3.63) is 52.0 Å². The van der Waals surface area contributed by atoms with Gasteiger partial charge in [0.2, 0.25) is 6.79 Å². The largest absolute Gasteiger partial charge is 0.454 e. The average molecular weight is 397 g/mol. The third-order valence-corrected chi connectivity index (χ3v) is 5.81. The molecule has 4 rings (SSSR count). The highest BCUT2D eigenvalue weighted by molar-refractivity contribution is 7.99. The van der Waals surface area contributed by atoms with E-state index in [2.05, 4.69) is 5.32 Å². The van der Waals surface area contributed by atoms with E-state index in [1.165, 1.54) is 0 Å². The maximum absolute atomic E-state index is 12.7. The van der Waals surface area contributed by atoms with Crippen LogP contribution in [-0.2, 0) is 0 Å². The van der Waals surface area contributed by atoms with Gasteiger partial charge in [0.1, 0.15) is 5.37 Å². The molecule has 2 aromatic carbocycles. The number of rotatable bonds is 2. The van der Waals surface area contributed by atoms with Gasteiger partial charge in [0.15, 0.2) is 11.5 Å². The Kier molecular flexibility index (Phi) is 4.58. The Morgan fingerprint density at radius 2 is 2.00 bits per heavy atom. The SMILES string of the molecule is O=C(Nc1ccc(Cl)cc1Cl)N1CCS[C@H]1c1ccc2c(c1)OCO2. The van der Waals surface area contributed by atoms with E-state index < -0.39 is 0 Å². The second kappa shape index (κ2) is 6.86. The number of nitrogens with one attached hydrogen (secondary N) is 1. The van der Waals surface area contributed by atoms with Gasteiger partial charge in [-0.1, -0.05) is 29.3 Å². The lowest BCUT2D eigenvalue weighted by molar-refractivity contribution is 0.174. The summed E-state index contributed by atoms with van der Waals surface area (Å²) in [6, 6.07) is 10.6. The molecule has 1 N–H and O–H groups in total. The molecule has 0 radical (unpaired) electrons. The van der Waals surface area contributed by atoms with Crippen LogP contribution in [-0.4, -0.2) is 30.0 Å². The minimum absolute atomic E-state index is 0.0828. The first kappa shape index (κ1) is 16.7. The number of fused-ring (bicyclic) bond motifs is 1. The zero-order valence-electron chi connectivity index (χ0n) is 13.0. The maximum Gasteiger partial charge on any atom is 0.323 e. The minimum atomic E-state index is -0.197. The zero-order valence-corrected chi connectivity index (χ0v) is 15.3. The lowest BCUT2D eigenvalue weighted by atomic mass is 10.2. The summed E-state index contributed by atoms with van der Waals surface area (Å²) in [6.45, 7) is 0.886. The summed E-state index contributed by atoms with van der Waals surface area (Å²) in [4.78, 5) is 14.5. The maximum atomic E-state index is 12.7.